The number of aryl methyl sites for hydroxylation is 1. The number of aromatic hydroxyl groups is 1. The predicted molar refractivity (Wildman–Crippen MR) is 77.5 cm³/mol. The van der Waals surface area contributed by atoms with Gasteiger partial charge in [-0.25, -0.2) is 0 Å². The van der Waals surface area contributed by atoms with Crippen molar-refractivity contribution in [1.29, 1.82) is 0 Å². The Labute approximate surface area is 117 Å². The molecule has 100 valence electrons. The Morgan fingerprint density at radius 1 is 1.10 bits per heavy atom. The van der Waals surface area contributed by atoms with Crippen molar-refractivity contribution in [3.8, 4) is 16.9 Å². The van der Waals surface area contributed by atoms with Crippen molar-refractivity contribution in [2.24, 2.45) is 0 Å². The molecule has 0 amide bonds. The molecule has 0 saturated heterocycles. The Bertz CT molecular complexity index is 720. The summed E-state index contributed by atoms with van der Waals surface area (Å²) in [5.41, 5.74) is 4.99. The summed E-state index contributed by atoms with van der Waals surface area (Å²) >= 11 is 0. The van der Waals surface area contributed by atoms with Crippen molar-refractivity contribution < 1.29 is 5.11 Å². The molecule has 0 fully saturated rings. The van der Waals surface area contributed by atoms with Crippen molar-refractivity contribution >= 4 is 0 Å². The van der Waals surface area contributed by atoms with Crippen LogP contribution < -0.4 is 0 Å². The Hall–Kier alpha value is -2.62. The number of benzene rings is 2. The van der Waals surface area contributed by atoms with Crippen LogP contribution in [0, 0.1) is 6.92 Å². The maximum Gasteiger partial charge on any atom is 0.123 e. The molecule has 4 heteroatoms. The van der Waals surface area contributed by atoms with Gasteiger partial charge in [0.05, 0.1) is 5.69 Å². The number of phenols is 1. The van der Waals surface area contributed by atoms with Gasteiger partial charge in [-0.05, 0) is 30.2 Å². The summed E-state index contributed by atoms with van der Waals surface area (Å²) in [6, 6.07) is 13.7. The summed E-state index contributed by atoms with van der Waals surface area (Å²) in [5.74, 6) is 0.295. The molecule has 1 aromatic heterocycles. The normalized spacial score (nSPS) is 10.7. The largest absolute Gasteiger partial charge is 0.507 e. The van der Waals surface area contributed by atoms with Gasteiger partial charge in [0.15, 0.2) is 0 Å². The van der Waals surface area contributed by atoms with Gasteiger partial charge < -0.3 is 5.11 Å². The first-order valence-electron chi connectivity index (χ1n) is 6.47. The molecule has 0 atom stereocenters. The second-order valence-electron chi connectivity index (χ2n) is 4.82. The summed E-state index contributed by atoms with van der Waals surface area (Å²) in [6.45, 7) is 2.02. The Balaban J connectivity index is 2.07. The zero-order valence-electron chi connectivity index (χ0n) is 11.2. The van der Waals surface area contributed by atoms with Gasteiger partial charge in [-0.1, -0.05) is 41.1 Å². The lowest BCUT2D eigenvalue weighted by Crippen LogP contribution is -1.93. The smallest absolute Gasteiger partial charge is 0.123 e. The van der Waals surface area contributed by atoms with Crippen LogP contribution in [0.1, 0.15) is 16.8 Å². The van der Waals surface area contributed by atoms with Crippen molar-refractivity contribution in [3.63, 3.8) is 0 Å². The fourth-order valence-corrected chi connectivity index (χ4v) is 2.31. The van der Waals surface area contributed by atoms with Gasteiger partial charge in [-0.3, -0.25) is 5.10 Å². The van der Waals surface area contributed by atoms with Crippen LogP contribution in [0.15, 0.2) is 48.7 Å². The topological polar surface area (TPSA) is 61.8 Å². The van der Waals surface area contributed by atoms with E-state index in [4.69, 9.17) is 0 Å². The quantitative estimate of drug-likeness (QED) is 0.765. The van der Waals surface area contributed by atoms with E-state index in [0.717, 1.165) is 27.9 Å². The molecular formula is C16H15N3O. The summed E-state index contributed by atoms with van der Waals surface area (Å²) < 4.78 is 0. The van der Waals surface area contributed by atoms with Crippen molar-refractivity contribution in [2.75, 3.05) is 0 Å². The standard InChI is InChI=1S/C16H15N3O/c1-11-6-7-16(20)15(8-11)14-5-3-2-4-12(14)9-13-10-17-19-18-13/h2-8,10,20H,9H2,1H3,(H,17,18,19). The third kappa shape index (κ3) is 2.40. The van der Waals surface area contributed by atoms with Crippen molar-refractivity contribution in [3.05, 3.63) is 65.5 Å². The van der Waals surface area contributed by atoms with E-state index in [-0.39, 0.29) is 0 Å². The molecule has 20 heavy (non-hydrogen) atoms. The van der Waals surface area contributed by atoms with Gasteiger partial charge >= 0.3 is 0 Å². The van der Waals surface area contributed by atoms with Gasteiger partial charge in [-0.2, -0.15) is 0 Å². The van der Waals surface area contributed by atoms with E-state index in [2.05, 4.69) is 15.4 Å². The summed E-state index contributed by atoms with van der Waals surface area (Å²) in [7, 11) is 0. The molecule has 1 heterocycles. The van der Waals surface area contributed by atoms with E-state index in [1.54, 1.807) is 12.3 Å². The first-order valence-corrected chi connectivity index (χ1v) is 6.47. The second kappa shape index (κ2) is 5.17. The molecule has 4 nitrogen and oxygen atoms in total. The summed E-state index contributed by atoms with van der Waals surface area (Å²) in [6.07, 6.45) is 2.47. The number of phenolic OH excluding ortho intramolecular Hbond substituents is 1. The first kappa shape index (κ1) is 12.4. The third-order valence-electron chi connectivity index (χ3n) is 3.30. The second-order valence-corrected chi connectivity index (χ2v) is 4.82. The highest BCUT2D eigenvalue weighted by Gasteiger charge is 2.10. The average molecular weight is 265 g/mol. The molecule has 3 rings (SSSR count). The van der Waals surface area contributed by atoms with E-state index in [1.807, 2.05) is 43.3 Å². The maximum atomic E-state index is 10.1. The monoisotopic (exact) mass is 265 g/mol. The van der Waals surface area contributed by atoms with E-state index in [1.165, 1.54) is 0 Å². The number of aromatic nitrogens is 3. The lowest BCUT2D eigenvalue weighted by molar-refractivity contribution is 0.477. The highest BCUT2D eigenvalue weighted by molar-refractivity contribution is 5.74. The van der Waals surface area contributed by atoms with Crippen LogP contribution in [-0.2, 0) is 6.42 Å². The third-order valence-corrected chi connectivity index (χ3v) is 3.30. The van der Waals surface area contributed by atoms with Crippen molar-refractivity contribution in [1.82, 2.24) is 15.4 Å². The lowest BCUT2D eigenvalue weighted by Gasteiger charge is -2.11. The molecule has 2 aromatic carbocycles. The fourth-order valence-electron chi connectivity index (χ4n) is 2.31. The Morgan fingerprint density at radius 2 is 1.95 bits per heavy atom. The SMILES string of the molecule is Cc1ccc(O)c(-c2ccccc2Cc2c[nH]nn2)c1. The van der Waals surface area contributed by atoms with Gasteiger partial charge in [-0.15, -0.1) is 5.10 Å². The van der Waals surface area contributed by atoms with Gasteiger partial charge in [0, 0.05) is 18.2 Å². The highest BCUT2D eigenvalue weighted by atomic mass is 16.3. The average Bonchev–Trinajstić information content (AvgIpc) is 2.95. The molecule has 0 aliphatic rings. The number of H-pyrrole nitrogens is 1. The van der Waals surface area contributed by atoms with Gasteiger partial charge in [0.25, 0.3) is 0 Å². The molecule has 0 spiro atoms. The number of rotatable bonds is 3. The van der Waals surface area contributed by atoms with Crippen LogP contribution in [0.4, 0.5) is 0 Å². The van der Waals surface area contributed by atoms with Crippen LogP contribution in [0.25, 0.3) is 11.1 Å². The Morgan fingerprint density at radius 3 is 2.75 bits per heavy atom. The minimum Gasteiger partial charge on any atom is -0.507 e. The molecule has 0 aliphatic carbocycles. The van der Waals surface area contributed by atoms with Crippen LogP contribution in [0.3, 0.4) is 0 Å². The van der Waals surface area contributed by atoms with Crippen LogP contribution in [0.2, 0.25) is 0 Å². The minimum absolute atomic E-state index is 0.295. The van der Waals surface area contributed by atoms with E-state index in [9.17, 15) is 5.11 Å². The van der Waals surface area contributed by atoms with E-state index >= 15 is 0 Å². The first-order chi connectivity index (χ1) is 9.74. The van der Waals surface area contributed by atoms with E-state index < -0.39 is 0 Å². The molecule has 0 radical (unpaired) electrons. The molecule has 2 N–H and O–H groups in total. The van der Waals surface area contributed by atoms with Crippen LogP contribution in [-0.4, -0.2) is 20.5 Å². The van der Waals surface area contributed by atoms with Gasteiger partial charge in [0.1, 0.15) is 5.75 Å². The lowest BCUT2D eigenvalue weighted by atomic mass is 9.95. The maximum absolute atomic E-state index is 10.1. The number of hydrogen-bond acceptors (Lipinski definition) is 3. The number of hydrogen-bond donors (Lipinski definition) is 2. The van der Waals surface area contributed by atoms with E-state index in [0.29, 0.717) is 12.2 Å². The fraction of sp³-hybridized carbons (Fsp3) is 0.125. The van der Waals surface area contributed by atoms with Crippen molar-refractivity contribution in [2.45, 2.75) is 13.3 Å². The minimum atomic E-state index is 0.295. The molecule has 3 aromatic rings. The number of aromatic amines is 1. The molecular weight excluding hydrogens is 250 g/mol. The molecule has 0 bridgehead atoms. The summed E-state index contributed by atoms with van der Waals surface area (Å²) in [5, 5.41) is 20.6. The zero-order valence-corrected chi connectivity index (χ0v) is 11.2. The molecule has 0 unspecified atom stereocenters. The van der Waals surface area contributed by atoms with Crippen LogP contribution in [0.5, 0.6) is 5.75 Å². The molecule has 0 aliphatic heterocycles. The van der Waals surface area contributed by atoms with Crippen LogP contribution >= 0.6 is 0 Å². The zero-order chi connectivity index (χ0) is 13.9. The molecule has 0 saturated carbocycles. The number of nitrogens with zero attached hydrogens (tertiary/aromatic N) is 2. The summed E-state index contributed by atoms with van der Waals surface area (Å²) in [4.78, 5) is 0. The highest BCUT2D eigenvalue weighted by Crippen LogP contribution is 2.33. The Kier molecular flexibility index (Phi) is 3.21. The van der Waals surface area contributed by atoms with Gasteiger partial charge in [0.2, 0.25) is 0 Å². The predicted octanol–water partition coefficient (Wildman–Crippen LogP) is 3.08. The number of nitrogens with one attached hydrogen (secondary N) is 1.